The molecule has 3 nitrogen and oxygen atoms in total. The van der Waals surface area contributed by atoms with Crippen LogP contribution in [0.3, 0.4) is 0 Å². The van der Waals surface area contributed by atoms with Crippen LogP contribution in [0.15, 0.2) is 65.7 Å². The molecule has 1 aliphatic carbocycles. The number of fused-ring (bicyclic) bond motifs is 7. The number of hydrogen-bond acceptors (Lipinski definition) is 3. The van der Waals surface area contributed by atoms with Gasteiger partial charge in [-0.25, -0.2) is 4.99 Å². The van der Waals surface area contributed by atoms with E-state index in [1.165, 1.54) is 5.56 Å². The molecule has 0 spiro atoms. The van der Waals surface area contributed by atoms with Crippen molar-refractivity contribution >= 4 is 11.4 Å². The quantitative estimate of drug-likeness (QED) is 0.452. The van der Waals surface area contributed by atoms with E-state index in [0.29, 0.717) is 11.5 Å². The van der Waals surface area contributed by atoms with E-state index in [9.17, 15) is 5.11 Å². The highest BCUT2D eigenvalue weighted by Crippen LogP contribution is 2.52. The summed E-state index contributed by atoms with van der Waals surface area (Å²) in [5, 5.41) is 12.0. The summed E-state index contributed by atoms with van der Waals surface area (Å²) in [5.74, 6) is -0.956. The number of rotatable bonds is 0. The number of nitrogens with zero attached hydrogens (tertiary/aromatic N) is 1. The fourth-order valence-corrected chi connectivity index (χ4v) is 4.55. The smallest absolute Gasteiger partial charge is 0.280 e. The predicted molar refractivity (Wildman–Crippen MR) is 126 cm³/mol. The second-order valence-electron chi connectivity index (χ2n) is 10.7. The number of ether oxygens (including phenoxy) is 1. The third kappa shape index (κ3) is 2.95. The molecule has 0 saturated carbocycles. The monoisotopic (exact) mass is 411 g/mol. The molecule has 158 valence electrons. The van der Waals surface area contributed by atoms with E-state index in [0.717, 1.165) is 33.5 Å². The fraction of sp³-hybridized carbons (Fsp3) is 0.321. The first kappa shape index (κ1) is 20.0. The van der Waals surface area contributed by atoms with Gasteiger partial charge in [0.1, 0.15) is 11.4 Å². The van der Waals surface area contributed by atoms with Gasteiger partial charge in [0, 0.05) is 16.7 Å². The second kappa shape index (κ2) is 6.30. The molecule has 3 aromatic carbocycles. The highest BCUT2D eigenvalue weighted by Gasteiger charge is 2.48. The van der Waals surface area contributed by atoms with E-state index in [-0.39, 0.29) is 10.8 Å². The molecule has 0 fully saturated rings. The van der Waals surface area contributed by atoms with Gasteiger partial charge in [0.05, 0.1) is 0 Å². The fourth-order valence-electron chi connectivity index (χ4n) is 4.55. The van der Waals surface area contributed by atoms with E-state index < -0.39 is 5.79 Å². The summed E-state index contributed by atoms with van der Waals surface area (Å²) >= 11 is 0. The van der Waals surface area contributed by atoms with Crippen LogP contribution in [0.4, 0.5) is 5.69 Å². The van der Waals surface area contributed by atoms with Crippen LogP contribution in [0.5, 0.6) is 5.75 Å². The zero-order chi connectivity index (χ0) is 22.2. The highest BCUT2D eigenvalue weighted by molar-refractivity contribution is 6.16. The molecule has 1 unspecified atom stereocenters. The van der Waals surface area contributed by atoms with E-state index in [2.05, 4.69) is 59.7 Å². The van der Waals surface area contributed by atoms with Crippen molar-refractivity contribution in [2.45, 2.75) is 58.2 Å². The van der Waals surface area contributed by atoms with Gasteiger partial charge >= 0.3 is 0 Å². The molecule has 5 rings (SSSR count). The average Bonchev–Trinajstić information content (AvgIpc) is 2.71. The Morgan fingerprint density at radius 1 is 0.774 bits per heavy atom. The minimum absolute atomic E-state index is 0.0277. The van der Waals surface area contributed by atoms with Gasteiger partial charge in [-0.2, -0.15) is 0 Å². The Kier molecular flexibility index (Phi) is 4.07. The summed E-state index contributed by atoms with van der Waals surface area (Å²) < 4.78 is 6.56. The summed E-state index contributed by atoms with van der Waals surface area (Å²) in [7, 11) is 0. The molecule has 31 heavy (non-hydrogen) atoms. The van der Waals surface area contributed by atoms with Gasteiger partial charge in [-0.15, -0.1) is 0 Å². The van der Waals surface area contributed by atoms with Crippen LogP contribution in [-0.2, 0) is 16.6 Å². The van der Waals surface area contributed by atoms with Gasteiger partial charge in [-0.3, -0.25) is 0 Å². The van der Waals surface area contributed by atoms with E-state index in [4.69, 9.17) is 9.73 Å². The van der Waals surface area contributed by atoms with Crippen molar-refractivity contribution in [1.29, 1.82) is 0 Å². The molecule has 0 saturated heterocycles. The third-order valence-corrected chi connectivity index (χ3v) is 6.31. The molecule has 0 radical (unpaired) electrons. The lowest BCUT2D eigenvalue weighted by molar-refractivity contribution is -0.0841. The largest absolute Gasteiger partial charge is 0.450 e. The molecule has 0 amide bonds. The maximum absolute atomic E-state index is 12.0. The van der Waals surface area contributed by atoms with Crippen molar-refractivity contribution in [3.8, 4) is 16.9 Å². The Labute approximate surface area is 184 Å². The van der Waals surface area contributed by atoms with Gasteiger partial charge in [-0.05, 0) is 33.6 Å². The number of hydrogen-bond donors (Lipinski definition) is 1. The number of benzene rings is 3. The van der Waals surface area contributed by atoms with Crippen molar-refractivity contribution < 1.29 is 9.84 Å². The molecule has 3 aromatic rings. The average molecular weight is 412 g/mol. The summed E-state index contributed by atoms with van der Waals surface area (Å²) in [4.78, 5) is 5.07. The van der Waals surface area contributed by atoms with Crippen molar-refractivity contribution in [2.24, 2.45) is 4.99 Å². The van der Waals surface area contributed by atoms with Crippen LogP contribution in [0, 0.1) is 0 Å². The maximum Gasteiger partial charge on any atom is 0.280 e. The van der Waals surface area contributed by atoms with Gasteiger partial charge in [0.25, 0.3) is 5.79 Å². The zero-order valence-corrected chi connectivity index (χ0v) is 19.1. The highest BCUT2D eigenvalue weighted by atomic mass is 16.6. The predicted octanol–water partition coefficient (Wildman–Crippen LogP) is 6.62. The summed E-state index contributed by atoms with van der Waals surface area (Å²) in [6.07, 6.45) is 0. The first-order chi connectivity index (χ1) is 14.5. The molecule has 0 aromatic heterocycles. The lowest BCUT2D eigenvalue weighted by Gasteiger charge is -2.41. The Hall–Kier alpha value is -2.91. The zero-order valence-electron chi connectivity index (χ0n) is 19.1. The standard InChI is InChI=1S/C28H29NO2/c1-26(2,3)17-15-22(27(4,5)6)24-23(16-17)29-25-20-13-8-7-11-18(20)19-12-9-10-14-21(19)28(25,30)31-24/h7-16,30H,1-6H3. The van der Waals surface area contributed by atoms with Crippen LogP contribution in [0.1, 0.15) is 63.8 Å². The maximum atomic E-state index is 12.0. The van der Waals surface area contributed by atoms with Crippen molar-refractivity contribution in [2.75, 3.05) is 0 Å². The van der Waals surface area contributed by atoms with Crippen LogP contribution in [-0.4, -0.2) is 10.8 Å². The van der Waals surface area contributed by atoms with E-state index in [1.807, 2.05) is 42.5 Å². The molecule has 3 heteroatoms. The molecule has 0 bridgehead atoms. The van der Waals surface area contributed by atoms with Crippen LogP contribution in [0.25, 0.3) is 11.1 Å². The molecule has 1 heterocycles. The summed E-state index contributed by atoms with van der Waals surface area (Å²) in [5.41, 5.74) is 7.10. The molecule has 2 aliphatic rings. The van der Waals surface area contributed by atoms with Gasteiger partial charge in [-0.1, -0.05) is 96.1 Å². The SMILES string of the molecule is CC(C)(C)c1cc2c(c(C(C)(C)C)c1)OC1(O)C(=N2)c2ccccc2-c2ccccc21. The van der Waals surface area contributed by atoms with Crippen LogP contribution >= 0.6 is 0 Å². The lowest BCUT2D eigenvalue weighted by atomic mass is 9.77. The minimum atomic E-state index is -1.62. The third-order valence-electron chi connectivity index (χ3n) is 6.31. The number of aliphatic imine (C=N–C) groups is 1. The molecule has 1 aliphatic heterocycles. The Morgan fingerprint density at radius 3 is 2.03 bits per heavy atom. The Bertz CT molecular complexity index is 1240. The van der Waals surface area contributed by atoms with Crippen molar-refractivity contribution in [3.63, 3.8) is 0 Å². The molecule has 1 N–H and O–H groups in total. The molecular formula is C28H29NO2. The summed E-state index contributed by atoms with van der Waals surface area (Å²) in [6, 6.07) is 20.3. The first-order valence-electron chi connectivity index (χ1n) is 10.9. The van der Waals surface area contributed by atoms with Gasteiger partial charge in [0.2, 0.25) is 0 Å². The van der Waals surface area contributed by atoms with Crippen LogP contribution < -0.4 is 4.74 Å². The van der Waals surface area contributed by atoms with Crippen molar-refractivity contribution in [1.82, 2.24) is 0 Å². The van der Waals surface area contributed by atoms with Crippen LogP contribution in [0.2, 0.25) is 0 Å². The minimum Gasteiger partial charge on any atom is -0.450 e. The Morgan fingerprint density at radius 2 is 1.39 bits per heavy atom. The topological polar surface area (TPSA) is 41.8 Å². The normalized spacial score (nSPS) is 19.4. The second-order valence-corrected chi connectivity index (χ2v) is 10.7. The summed E-state index contributed by atoms with van der Waals surface area (Å²) in [6.45, 7) is 13.1. The molecule has 1 atom stereocenters. The van der Waals surface area contributed by atoms with Gasteiger partial charge < -0.3 is 9.84 Å². The van der Waals surface area contributed by atoms with Crippen molar-refractivity contribution in [3.05, 3.63) is 82.9 Å². The molecular weight excluding hydrogens is 382 g/mol. The number of aliphatic hydroxyl groups is 1. The first-order valence-corrected chi connectivity index (χ1v) is 10.9. The van der Waals surface area contributed by atoms with E-state index in [1.54, 1.807) is 0 Å². The lowest BCUT2D eigenvalue weighted by Crippen LogP contribution is -2.46. The van der Waals surface area contributed by atoms with E-state index >= 15 is 0 Å². The van der Waals surface area contributed by atoms with Gasteiger partial charge in [0.15, 0.2) is 5.75 Å². The Balaban J connectivity index is 1.86.